The summed E-state index contributed by atoms with van der Waals surface area (Å²) in [4.78, 5) is 25.0. The highest BCUT2D eigenvalue weighted by Crippen LogP contribution is 2.36. The maximum Gasteiger partial charge on any atom is 0.278 e. The average Bonchev–Trinajstić information content (AvgIpc) is 2.56. The van der Waals surface area contributed by atoms with Gasteiger partial charge >= 0.3 is 0 Å². The molecule has 0 saturated carbocycles. The number of amides is 2. The Kier molecular flexibility index (Phi) is 4.07. The maximum atomic E-state index is 12.6. The topological polar surface area (TPSA) is 76.7 Å². The number of anilines is 2. The molecule has 0 radical (unpaired) electrons. The summed E-state index contributed by atoms with van der Waals surface area (Å²) >= 11 is 5.90. The molecular weight excluding hydrogens is 332 g/mol. The van der Waals surface area contributed by atoms with Gasteiger partial charge in [0, 0.05) is 16.8 Å². The van der Waals surface area contributed by atoms with Crippen molar-refractivity contribution in [2.24, 2.45) is 0 Å². The molecule has 0 saturated heterocycles. The van der Waals surface area contributed by atoms with Gasteiger partial charge in [-0.15, -0.1) is 0 Å². The van der Waals surface area contributed by atoms with Gasteiger partial charge in [-0.3, -0.25) is 9.59 Å². The normalized spacial score (nSPS) is 18.9. The van der Waals surface area contributed by atoms with Crippen LogP contribution in [0.2, 0.25) is 5.02 Å². The van der Waals surface area contributed by atoms with Crippen molar-refractivity contribution in [2.45, 2.75) is 12.5 Å². The Morgan fingerprint density at radius 1 is 1.29 bits per heavy atom. The van der Waals surface area contributed by atoms with Gasteiger partial charge in [0.2, 0.25) is 0 Å². The van der Waals surface area contributed by atoms with Crippen LogP contribution in [0.3, 0.4) is 0 Å². The zero-order valence-corrected chi connectivity index (χ0v) is 13.8. The Balaban J connectivity index is 1.85. The van der Waals surface area contributed by atoms with Gasteiger partial charge in [0.15, 0.2) is 0 Å². The number of rotatable bonds is 3. The lowest BCUT2D eigenvalue weighted by Gasteiger charge is -2.33. The van der Waals surface area contributed by atoms with Crippen LogP contribution in [0.4, 0.5) is 11.4 Å². The first-order valence-electron chi connectivity index (χ1n) is 7.18. The molecule has 2 N–H and O–H groups in total. The number of methoxy groups -OCH3 is 1. The lowest BCUT2D eigenvalue weighted by molar-refractivity contribution is -0.143. The van der Waals surface area contributed by atoms with Gasteiger partial charge < -0.3 is 20.1 Å². The summed E-state index contributed by atoms with van der Waals surface area (Å²) in [5, 5.41) is 5.78. The van der Waals surface area contributed by atoms with Crippen LogP contribution < -0.4 is 20.1 Å². The molecule has 0 spiro atoms. The monoisotopic (exact) mass is 346 g/mol. The molecule has 3 rings (SSSR count). The quantitative estimate of drug-likeness (QED) is 0.837. The first-order chi connectivity index (χ1) is 11.4. The minimum atomic E-state index is -1.70. The SMILES string of the molecule is COc1cccc(NC(=O)[C@@]2(C)Oc3ccc(Cl)cc3NC2=O)c1. The third kappa shape index (κ3) is 2.88. The van der Waals surface area contributed by atoms with E-state index in [4.69, 9.17) is 21.1 Å². The van der Waals surface area contributed by atoms with Crippen molar-refractivity contribution in [3.8, 4) is 11.5 Å². The molecule has 24 heavy (non-hydrogen) atoms. The number of benzene rings is 2. The van der Waals surface area contributed by atoms with E-state index in [1.807, 2.05) is 0 Å². The van der Waals surface area contributed by atoms with Gasteiger partial charge in [-0.25, -0.2) is 0 Å². The summed E-state index contributed by atoms with van der Waals surface area (Å²) in [6.45, 7) is 1.41. The highest BCUT2D eigenvalue weighted by atomic mass is 35.5. The second-order valence-electron chi connectivity index (χ2n) is 5.42. The Hall–Kier alpha value is -2.73. The number of hydrogen-bond donors (Lipinski definition) is 2. The Labute approximate surface area is 143 Å². The van der Waals surface area contributed by atoms with Crippen LogP contribution in [0.5, 0.6) is 11.5 Å². The molecular formula is C17H15ClN2O4. The molecule has 0 unspecified atom stereocenters. The fraction of sp³-hybridized carbons (Fsp3) is 0.176. The van der Waals surface area contributed by atoms with Crippen LogP contribution in [0.1, 0.15) is 6.92 Å². The predicted octanol–water partition coefficient (Wildman–Crippen LogP) is 3.08. The van der Waals surface area contributed by atoms with E-state index < -0.39 is 17.4 Å². The van der Waals surface area contributed by atoms with Gasteiger partial charge in [-0.2, -0.15) is 0 Å². The fourth-order valence-corrected chi connectivity index (χ4v) is 2.47. The fourth-order valence-electron chi connectivity index (χ4n) is 2.30. The van der Waals surface area contributed by atoms with Gasteiger partial charge in [0.05, 0.1) is 12.8 Å². The summed E-state index contributed by atoms with van der Waals surface area (Å²) in [7, 11) is 1.53. The first-order valence-corrected chi connectivity index (χ1v) is 7.56. The van der Waals surface area contributed by atoms with E-state index >= 15 is 0 Å². The van der Waals surface area contributed by atoms with E-state index in [9.17, 15) is 9.59 Å². The standard InChI is InChI=1S/C17H15ClN2O4/c1-17(15(21)19-11-4-3-5-12(9-11)23-2)16(22)20-13-8-10(18)6-7-14(13)24-17/h3-9H,1-2H3,(H,19,21)(H,20,22)/t17-/m1/s1. The van der Waals surface area contributed by atoms with E-state index in [2.05, 4.69) is 10.6 Å². The van der Waals surface area contributed by atoms with Gasteiger partial charge in [0.25, 0.3) is 17.4 Å². The molecule has 2 aromatic carbocycles. The third-order valence-electron chi connectivity index (χ3n) is 3.70. The van der Waals surface area contributed by atoms with Crippen LogP contribution in [0.25, 0.3) is 0 Å². The van der Waals surface area contributed by atoms with Crippen LogP contribution in [0.15, 0.2) is 42.5 Å². The highest BCUT2D eigenvalue weighted by Gasteiger charge is 2.47. The van der Waals surface area contributed by atoms with Crippen LogP contribution in [-0.4, -0.2) is 24.5 Å². The zero-order chi connectivity index (χ0) is 17.3. The lowest BCUT2D eigenvalue weighted by atomic mass is 10.0. The molecule has 124 valence electrons. The van der Waals surface area contributed by atoms with Crippen molar-refractivity contribution in [1.29, 1.82) is 0 Å². The Bertz CT molecular complexity index is 824. The summed E-state index contributed by atoms with van der Waals surface area (Å²) in [5.41, 5.74) is -0.776. The molecule has 1 aliphatic rings. The average molecular weight is 347 g/mol. The molecule has 6 nitrogen and oxygen atoms in total. The van der Waals surface area contributed by atoms with E-state index in [1.165, 1.54) is 14.0 Å². The van der Waals surface area contributed by atoms with Gasteiger partial charge in [-0.05, 0) is 37.3 Å². The van der Waals surface area contributed by atoms with E-state index in [0.29, 0.717) is 27.9 Å². The summed E-state index contributed by atoms with van der Waals surface area (Å²) in [6, 6.07) is 11.6. The summed E-state index contributed by atoms with van der Waals surface area (Å²) in [6.07, 6.45) is 0. The molecule has 1 atom stereocenters. The van der Waals surface area contributed by atoms with Crippen molar-refractivity contribution >= 4 is 34.8 Å². The molecule has 0 fully saturated rings. The third-order valence-corrected chi connectivity index (χ3v) is 3.93. The molecule has 1 aliphatic heterocycles. The van der Waals surface area contributed by atoms with E-state index in [-0.39, 0.29) is 0 Å². The van der Waals surface area contributed by atoms with Crippen LogP contribution in [0, 0.1) is 0 Å². The second-order valence-corrected chi connectivity index (χ2v) is 5.85. The zero-order valence-electron chi connectivity index (χ0n) is 13.1. The number of fused-ring (bicyclic) bond motifs is 1. The molecule has 1 heterocycles. The van der Waals surface area contributed by atoms with Gasteiger partial charge in [0.1, 0.15) is 11.5 Å². The first kappa shape index (κ1) is 16.1. The van der Waals surface area contributed by atoms with Crippen molar-refractivity contribution in [2.75, 3.05) is 17.7 Å². The predicted molar refractivity (Wildman–Crippen MR) is 90.7 cm³/mol. The smallest absolute Gasteiger partial charge is 0.278 e. The number of halogens is 1. The van der Waals surface area contributed by atoms with E-state index in [0.717, 1.165) is 0 Å². The van der Waals surface area contributed by atoms with Crippen molar-refractivity contribution in [3.63, 3.8) is 0 Å². The molecule has 0 aliphatic carbocycles. The minimum Gasteiger partial charge on any atom is -0.497 e. The molecule has 2 amide bonds. The van der Waals surface area contributed by atoms with Crippen molar-refractivity contribution < 1.29 is 19.1 Å². The second kappa shape index (κ2) is 6.05. The summed E-state index contributed by atoms with van der Waals surface area (Å²) in [5.74, 6) is -0.194. The maximum absolute atomic E-state index is 12.6. The Morgan fingerprint density at radius 2 is 2.08 bits per heavy atom. The van der Waals surface area contributed by atoms with Crippen molar-refractivity contribution in [3.05, 3.63) is 47.5 Å². The molecule has 7 heteroatoms. The Morgan fingerprint density at radius 3 is 2.83 bits per heavy atom. The largest absolute Gasteiger partial charge is 0.497 e. The summed E-state index contributed by atoms with van der Waals surface area (Å²) < 4.78 is 10.8. The number of carbonyl (C=O) groups excluding carboxylic acids is 2. The van der Waals surface area contributed by atoms with E-state index in [1.54, 1.807) is 42.5 Å². The minimum absolute atomic E-state index is 0.377. The van der Waals surface area contributed by atoms with Crippen molar-refractivity contribution in [1.82, 2.24) is 0 Å². The number of carbonyl (C=O) groups is 2. The number of nitrogens with one attached hydrogen (secondary N) is 2. The molecule has 2 aromatic rings. The lowest BCUT2D eigenvalue weighted by Crippen LogP contribution is -2.56. The highest BCUT2D eigenvalue weighted by molar-refractivity contribution is 6.31. The number of ether oxygens (including phenoxy) is 2. The number of hydrogen-bond acceptors (Lipinski definition) is 4. The molecule has 0 aromatic heterocycles. The van der Waals surface area contributed by atoms with Crippen LogP contribution in [-0.2, 0) is 9.59 Å². The van der Waals surface area contributed by atoms with Gasteiger partial charge in [-0.1, -0.05) is 17.7 Å². The molecule has 0 bridgehead atoms. The van der Waals surface area contributed by atoms with Crippen LogP contribution >= 0.6 is 11.6 Å².